The summed E-state index contributed by atoms with van der Waals surface area (Å²) < 4.78 is 0. The molecule has 1 atom stereocenters. The Morgan fingerprint density at radius 2 is 2.20 bits per heavy atom. The van der Waals surface area contributed by atoms with Crippen molar-refractivity contribution >= 4 is 11.6 Å². The molecule has 0 radical (unpaired) electrons. The molecule has 0 aromatic carbocycles. The lowest BCUT2D eigenvalue weighted by atomic mass is 10.1. The van der Waals surface area contributed by atoms with Gasteiger partial charge in [0.25, 0.3) is 0 Å². The molecule has 4 heteroatoms. The predicted molar refractivity (Wildman–Crippen MR) is 57.0 cm³/mol. The molecule has 1 amide bonds. The van der Waals surface area contributed by atoms with Crippen LogP contribution in [0.4, 0.5) is 5.69 Å². The second-order valence-corrected chi connectivity index (χ2v) is 3.19. The number of nitriles is 1. The molecule has 0 saturated carbocycles. The van der Waals surface area contributed by atoms with Gasteiger partial charge < -0.3 is 4.90 Å². The maximum absolute atomic E-state index is 11.8. The zero-order chi connectivity index (χ0) is 11.3. The van der Waals surface area contributed by atoms with Gasteiger partial charge in [0.15, 0.2) is 0 Å². The van der Waals surface area contributed by atoms with Gasteiger partial charge in [0.1, 0.15) is 5.92 Å². The lowest BCUT2D eigenvalue weighted by Gasteiger charge is -2.19. The predicted octanol–water partition coefficient (Wildman–Crippen LogP) is 1.59. The Morgan fingerprint density at radius 1 is 1.60 bits per heavy atom. The summed E-state index contributed by atoms with van der Waals surface area (Å²) >= 11 is 0. The minimum absolute atomic E-state index is 0.175. The number of hydrogen-bond donors (Lipinski definition) is 0. The zero-order valence-corrected chi connectivity index (χ0v) is 8.84. The highest BCUT2D eigenvalue weighted by atomic mass is 16.2. The van der Waals surface area contributed by atoms with E-state index in [1.165, 1.54) is 4.90 Å². The second kappa shape index (κ2) is 5.11. The fourth-order valence-corrected chi connectivity index (χ4v) is 1.25. The van der Waals surface area contributed by atoms with Crippen LogP contribution in [0.15, 0.2) is 24.5 Å². The molecule has 1 aromatic heterocycles. The first kappa shape index (κ1) is 11.2. The molecule has 1 heterocycles. The van der Waals surface area contributed by atoms with Gasteiger partial charge in [0.05, 0.1) is 6.07 Å². The van der Waals surface area contributed by atoms with E-state index in [1.54, 1.807) is 31.6 Å². The van der Waals surface area contributed by atoms with Crippen LogP contribution in [-0.4, -0.2) is 17.9 Å². The topological polar surface area (TPSA) is 57.0 Å². The van der Waals surface area contributed by atoms with Gasteiger partial charge in [-0.15, -0.1) is 0 Å². The van der Waals surface area contributed by atoms with Crippen molar-refractivity contribution in [1.29, 1.82) is 5.26 Å². The number of amides is 1. The van der Waals surface area contributed by atoms with Gasteiger partial charge in [0, 0.05) is 25.1 Å². The summed E-state index contributed by atoms with van der Waals surface area (Å²) in [7, 11) is 1.66. The van der Waals surface area contributed by atoms with E-state index in [0.717, 1.165) is 5.69 Å². The summed E-state index contributed by atoms with van der Waals surface area (Å²) in [5.74, 6) is -0.741. The number of carbonyl (C=O) groups is 1. The van der Waals surface area contributed by atoms with E-state index < -0.39 is 5.92 Å². The third-order valence-electron chi connectivity index (χ3n) is 2.24. The molecule has 15 heavy (non-hydrogen) atoms. The Morgan fingerprint density at radius 3 is 2.67 bits per heavy atom. The van der Waals surface area contributed by atoms with E-state index in [2.05, 4.69) is 4.98 Å². The van der Waals surface area contributed by atoms with Gasteiger partial charge >= 0.3 is 0 Å². The van der Waals surface area contributed by atoms with E-state index in [4.69, 9.17) is 5.26 Å². The van der Waals surface area contributed by atoms with Crippen molar-refractivity contribution in [3.8, 4) is 6.07 Å². The van der Waals surface area contributed by atoms with Crippen molar-refractivity contribution in [2.75, 3.05) is 11.9 Å². The first-order valence-electron chi connectivity index (χ1n) is 4.78. The summed E-state index contributed by atoms with van der Waals surface area (Å²) in [5.41, 5.74) is 0.753. The van der Waals surface area contributed by atoms with Crippen LogP contribution in [-0.2, 0) is 4.79 Å². The van der Waals surface area contributed by atoms with Gasteiger partial charge in [-0.05, 0) is 18.6 Å². The zero-order valence-electron chi connectivity index (χ0n) is 8.84. The Bertz CT molecular complexity index is 369. The molecule has 0 N–H and O–H groups in total. The van der Waals surface area contributed by atoms with Crippen molar-refractivity contribution < 1.29 is 4.79 Å². The van der Waals surface area contributed by atoms with Gasteiger partial charge in [-0.3, -0.25) is 9.78 Å². The van der Waals surface area contributed by atoms with Gasteiger partial charge in [0.2, 0.25) is 5.91 Å². The maximum atomic E-state index is 11.8. The van der Waals surface area contributed by atoms with E-state index in [-0.39, 0.29) is 5.91 Å². The lowest BCUT2D eigenvalue weighted by molar-refractivity contribution is -0.120. The summed E-state index contributed by atoms with van der Waals surface area (Å²) in [5, 5.41) is 8.78. The molecule has 0 spiro atoms. The van der Waals surface area contributed by atoms with Gasteiger partial charge in [-0.1, -0.05) is 6.92 Å². The molecule has 0 bridgehead atoms. The summed E-state index contributed by atoms with van der Waals surface area (Å²) in [6, 6.07) is 5.47. The number of anilines is 1. The SMILES string of the molecule is CCC(C#N)C(=O)N(C)c1ccncc1. The smallest absolute Gasteiger partial charge is 0.244 e. The largest absolute Gasteiger partial charge is 0.314 e. The van der Waals surface area contributed by atoms with Crippen LogP contribution in [0.3, 0.4) is 0 Å². The van der Waals surface area contributed by atoms with E-state index in [1.807, 2.05) is 13.0 Å². The number of pyridine rings is 1. The number of nitrogens with zero attached hydrogens (tertiary/aromatic N) is 3. The maximum Gasteiger partial charge on any atom is 0.244 e. The van der Waals surface area contributed by atoms with Crippen molar-refractivity contribution in [2.24, 2.45) is 5.92 Å². The minimum Gasteiger partial charge on any atom is -0.314 e. The van der Waals surface area contributed by atoms with Crippen LogP contribution in [0.2, 0.25) is 0 Å². The Balaban J connectivity index is 2.82. The van der Waals surface area contributed by atoms with Crippen LogP contribution >= 0.6 is 0 Å². The molecular weight excluding hydrogens is 190 g/mol. The van der Waals surface area contributed by atoms with Crippen LogP contribution < -0.4 is 4.90 Å². The average Bonchev–Trinajstić information content (AvgIpc) is 2.30. The Hall–Kier alpha value is -1.89. The molecule has 78 valence electrons. The standard InChI is InChI=1S/C11H13N3O/c1-3-9(8-12)11(15)14(2)10-4-6-13-7-5-10/h4-7,9H,3H2,1-2H3. The monoisotopic (exact) mass is 203 g/mol. The molecule has 1 rings (SSSR count). The summed E-state index contributed by atoms with van der Waals surface area (Å²) in [6.07, 6.45) is 3.77. The van der Waals surface area contributed by atoms with Crippen molar-refractivity contribution in [2.45, 2.75) is 13.3 Å². The highest BCUT2D eigenvalue weighted by Gasteiger charge is 2.20. The van der Waals surface area contributed by atoms with Crippen molar-refractivity contribution in [1.82, 2.24) is 4.98 Å². The van der Waals surface area contributed by atoms with E-state index in [0.29, 0.717) is 6.42 Å². The Kier molecular flexibility index (Phi) is 3.81. The molecule has 0 aliphatic rings. The van der Waals surface area contributed by atoms with Crippen molar-refractivity contribution in [3.05, 3.63) is 24.5 Å². The Labute approximate surface area is 89.2 Å². The normalized spacial score (nSPS) is 11.5. The number of hydrogen-bond acceptors (Lipinski definition) is 3. The number of aromatic nitrogens is 1. The van der Waals surface area contributed by atoms with Crippen LogP contribution in [0.1, 0.15) is 13.3 Å². The molecule has 1 unspecified atom stereocenters. The molecule has 0 fully saturated rings. The minimum atomic E-state index is -0.567. The third-order valence-corrected chi connectivity index (χ3v) is 2.24. The van der Waals surface area contributed by atoms with Crippen molar-refractivity contribution in [3.63, 3.8) is 0 Å². The first-order valence-corrected chi connectivity index (χ1v) is 4.78. The molecule has 1 aromatic rings. The second-order valence-electron chi connectivity index (χ2n) is 3.19. The number of carbonyl (C=O) groups excluding carboxylic acids is 1. The third kappa shape index (κ3) is 2.53. The van der Waals surface area contributed by atoms with Crippen LogP contribution in [0.25, 0.3) is 0 Å². The summed E-state index contributed by atoms with van der Waals surface area (Å²) in [6.45, 7) is 1.83. The molecule has 4 nitrogen and oxygen atoms in total. The van der Waals surface area contributed by atoms with E-state index >= 15 is 0 Å². The fraction of sp³-hybridized carbons (Fsp3) is 0.364. The molecule has 0 saturated heterocycles. The summed E-state index contributed by atoms with van der Waals surface area (Å²) in [4.78, 5) is 17.1. The van der Waals surface area contributed by atoms with Crippen LogP contribution in [0, 0.1) is 17.2 Å². The quantitative estimate of drug-likeness (QED) is 0.749. The van der Waals surface area contributed by atoms with Crippen LogP contribution in [0.5, 0.6) is 0 Å². The highest BCUT2D eigenvalue weighted by molar-refractivity contribution is 5.95. The fourth-order valence-electron chi connectivity index (χ4n) is 1.25. The van der Waals surface area contributed by atoms with Gasteiger partial charge in [-0.2, -0.15) is 5.26 Å². The van der Waals surface area contributed by atoms with Gasteiger partial charge in [-0.25, -0.2) is 0 Å². The van der Waals surface area contributed by atoms with E-state index in [9.17, 15) is 4.79 Å². The molecule has 0 aliphatic heterocycles. The molecular formula is C11H13N3O. The first-order chi connectivity index (χ1) is 7.20. The lowest BCUT2D eigenvalue weighted by Crippen LogP contribution is -2.31. The highest BCUT2D eigenvalue weighted by Crippen LogP contribution is 2.14. The average molecular weight is 203 g/mol. The number of rotatable bonds is 3. The molecule has 0 aliphatic carbocycles.